The van der Waals surface area contributed by atoms with Gasteiger partial charge < -0.3 is 14.2 Å². The number of methoxy groups -OCH3 is 1. The molecule has 0 unspecified atom stereocenters. The van der Waals surface area contributed by atoms with Crippen LogP contribution in [0.3, 0.4) is 0 Å². The fourth-order valence-corrected chi connectivity index (χ4v) is 3.44. The van der Waals surface area contributed by atoms with Gasteiger partial charge in [0, 0.05) is 12.6 Å². The molecule has 2 aromatic rings. The van der Waals surface area contributed by atoms with E-state index in [2.05, 4.69) is 4.99 Å². The Hall–Kier alpha value is -3.15. The van der Waals surface area contributed by atoms with Crippen molar-refractivity contribution < 1.29 is 23.8 Å². The van der Waals surface area contributed by atoms with Crippen molar-refractivity contribution in [1.29, 1.82) is 0 Å². The summed E-state index contributed by atoms with van der Waals surface area (Å²) in [6, 6.07) is 13.7. The number of carbonyl (C=O) groups is 2. The molecule has 0 saturated carbocycles. The Balaban J connectivity index is 1.98. The number of esters is 2. The number of nitrogens with zero attached hydrogens (tertiary/aromatic N) is 1. The molecule has 0 bridgehead atoms. The standard InChI is InChI=1S/C23H25NO5/c1-4-28-21(25)23(22(26)29-5-2)14-20-17(7-6-8-18(20)15-24-23)13-16-9-11-19(27-3)12-10-16/h6-12,15H,4-5,13-14H2,1-3H3. The fraction of sp³-hybridized carbons (Fsp3) is 0.348. The highest BCUT2D eigenvalue weighted by atomic mass is 16.6. The fourth-order valence-electron chi connectivity index (χ4n) is 3.44. The van der Waals surface area contributed by atoms with Crippen molar-refractivity contribution in [1.82, 2.24) is 0 Å². The van der Waals surface area contributed by atoms with Crippen LogP contribution < -0.4 is 4.74 Å². The van der Waals surface area contributed by atoms with Crippen molar-refractivity contribution in [3.63, 3.8) is 0 Å². The maximum Gasteiger partial charge on any atom is 0.346 e. The highest BCUT2D eigenvalue weighted by molar-refractivity contribution is 6.08. The normalized spacial score (nSPS) is 14.0. The molecule has 1 aliphatic heterocycles. The summed E-state index contributed by atoms with van der Waals surface area (Å²) in [6.45, 7) is 3.73. The summed E-state index contributed by atoms with van der Waals surface area (Å²) in [6.07, 6.45) is 2.34. The second-order valence-corrected chi connectivity index (χ2v) is 6.75. The monoisotopic (exact) mass is 395 g/mol. The zero-order chi connectivity index (χ0) is 20.9. The molecule has 6 nitrogen and oxygen atoms in total. The summed E-state index contributed by atoms with van der Waals surface area (Å²) in [5.74, 6) is -0.571. The molecule has 6 heteroatoms. The lowest BCUT2D eigenvalue weighted by atomic mass is 9.83. The van der Waals surface area contributed by atoms with Crippen LogP contribution in [0, 0.1) is 0 Å². The summed E-state index contributed by atoms with van der Waals surface area (Å²) in [5.41, 5.74) is 2.21. The molecule has 1 heterocycles. The number of carbonyl (C=O) groups excluding carboxylic acids is 2. The first-order chi connectivity index (χ1) is 14.0. The minimum atomic E-state index is -1.70. The summed E-state index contributed by atoms with van der Waals surface area (Å²) in [7, 11) is 1.63. The molecule has 2 aromatic carbocycles. The van der Waals surface area contributed by atoms with E-state index >= 15 is 0 Å². The van der Waals surface area contributed by atoms with Crippen molar-refractivity contribution >= 4 is 18.2 Å². The van der Waals surface area contributed by atoms with Crippen molar-refractivity contribution in [3.05, 3.63) is 64.7 Å². The molecule has 29 heavy (non-hydrogen) atoms. The van der Waals surface area contributed by atoms with Gasteiger partial charge in [-0.25, -0.2) is 9.59 Å². The van der Waals surface area contributed by atoms with E-state index < -0.39 is 17.5 Å². The third-order valence-corrected chi connectivity index (χ3v) is 4.95. The number of hydrogen-bond donors (Lipinski definition) is 0. The summed E-state index contributed by atoms with van der Waals surface area (Å²) < 4.78 is 15.6. The van der Waals surface area contributed by atoms with Crippen LogP contribution in [-0.2, 0) is 31.9 Å². The van der Waals surface area contributed by atoms with Gasteiger partial charge in [-0.1, -0.05) is 30.3 Å². The second kappa shape index (κ2) is 8.90. The van der Waals surface area contributed by atoms with Gasteiger partial charge in [-0.2, -0.15) is 0 Å². The lowest BCUT2D eigenvalue weighted by molar-refractivity contribution is -0.163. The number of fused-ring (bicyclic) bond motifs is 1. The molecule has 0 fully saturated rings. The molecule has 3 rings (SSSR count). The molecule has 0 N–H and O–H groups in total. The van der Waals surface area contributed by atoms with Crippen molar-refractivity contribution in [2.45, 2.75) is 32.2 Å². The first-order valence-corrected chi connectivity index (χ1v) is 9.67. The lowest BCUT2D eigenvalue weighted by Crippen LogP contribution is -2.51. The molecule has 0 radical (unpaired) electrons. The van der Waals surface area contributed by atoms with E-state index in [9.17, 15) is 9.59 Å². The molecule has 0 amide bonds. The Bertz CT molecular complexity index is 899. The topological polar surface area (TPSA) is 74.2 Å². The van der Waals surface area contributed by atoms with Gasteiger partial charge >= 0.3 is 11.9 Å². The highest BCUT2D eigenvalue weighted by Gasteiger charge is 2.50. The quantitative estimate of drug-likeness (QED) is 0.532. The van der Waals surface area contributed by atoms with Crippen LogP contribution in [0.5, 0.6) is 5.75 Å². The van der Waals surface area contributed by atoms with Gasteiger partial charge in [0.05, 0.1) is 20.3 Å². The van der Waals surface area contributed by atoms with E-state index in [0.29, 0.717) is 6.42 Å². The van der Waals surface area contributed by atoms with Crippen LogP contribution in [0.4, 0.5) is 0 Å². The second-order valence-electron chi connectivity index (χ2n) is 6.75. The number of rotatable bonds is 7. The largest absolute Gasteiger partial charge is 0.497 e. The van der Waals surface area contributed by atoms with Gasteiger partial charge in [-0.15, -0.1) is 0 Å². The van der Waals surface area contributed by atoms with Crippen LogP contribution in [0.25, 0.3) is 0 Å². The van der Waals surface area contributed by atoms with E-state index in [1.807, 2.05) is 42.5 Å². The smallest absolute Gasteiger partial charge is 0.346 e. The predicted molar refractivity (Wildman–Crippen MR) is 110 cm³/mol. The summed E-state index contributed by atoms with van der Waals surface area (Å²) in [5, 5.41) is 0. The van der Waals surface area contributed by atoms with Crippen molar-refractivity contribution in [3.8, 4) is 5.75 Å². The molecular formula is C23H25NO5. The van der Waals surface area contributed by atoms with Crippen LogP contribution in [-0.4, -0.2) is 44.0 Å². The number of benzene rings is 2. The van der Waals surface area contributed by atoms with Crippen molar-refractivity contribution in [2.24, 2.45) is 4.99 Å². The van der Waals surface area contributed by atoms with Crippen LogP contribution in [0.1, 0.15) is 36.1 Å². The third-order valence-electron chi connectivity index (χ3n) is 4.95. The number of aliphatic imine (C=N–C) groups is 1. The van der Waals surface area contributed by atoms with Crippen LogP contribution >= 0.6 is 0 Å². The Kier molecular flexibility index (Phi) is 6.32. The van der Waals surface area contributed by atoms with E-state index in [-0.39, 0.29) is 19.6 Å². The average molecular weight is 395 g/mol. The van der Waals surface area contributed by atoms with Gasteiger partial charge in [-0.3, -0.25) is 4.99 Å². The van der Waals surface area contributed by atoms with Gasteiger partial charge in [-0.05, 0) is 54.7 Å². The molecule has 0 spiro atoms. The molecule has 1 aliphatic rings. The van der Waals surface area contributed by atoms with E-state index in [1.54, 1.807) is 27.2 Å². The zero-order valence-electron chi connectivity index (χ0n) is 16.9. The van der Waals surface area contributed by atoms with Gasteiger partial charge in [0.1, 0.15) is 5.75 Å². The first kappa shape index (κ1) is 20.6. The Morgan fingerprint density at radius 1 is 1.00 bits per heavy atom. The third kappa shape index (κ3) is 4.16. The minimum Gasteiger partial charge on any atom is -0.497 e. The van der Waals surface area contributed by atoms with Crippen LogP contribution in [0.15, 0.2) is 47.5 Å². The van der Waals surface area contributed by atoms with E-state index in [0.717, 1.165) is 28.0 Å². The highest BCUT2D eigenvalue weighted by Crippen LogP contribution is 2.31. The molecule has 0 aliphatic carbocycles. The zero-order valence-corrected chi connectivity index (χ0v) is 16.9. The summed E-state index contributed by atoms with van der Waals surface area (Å²) >= 11 is 0. The van der Waals surface area contributed by atoms with Gasteiger partial charge in [0.25, 0.3) is 5.54 Å². The SMILES string of the molecule is CCOC(=O)C1(C(=O)OCC)Cc2c(cccc2Cc2ccc(OC)cc2)C=N1. The Morgan fingerprint density at radius 2 is 1.66 bits per heavy atom. The lowest BCUT2D eigenvalue weighted by Gasteiger charge is -2.30. The van der Waals surface area contributed by atoms with Crippen molar-refractivity contribution in [2.75, 3.05) is 20.3 Å². The summed E-state index contributed by atoms with van der Waals surface area (Å²) in [4.78, 5) is 29.8. The average Bonchev–Trinajstić information content (AvgIpc) is 2.74. The molecule has 152 valence electrons. The molecular weight excluding hydrogens is 370 g/mol. The maximum absolute atomic E-state index is 12.7. The van der Waals surface area contributed by atoms with E-state index in [1.165, 1.54) is 0 Å². The van der Waals surface area contributed by atoms with Crippen LogP contribution in [0.2, 0.25) is 0 Å². The minimum absolute atomic E-state index is 0.114. The Labute approximate surface area is 170 Å². The predicted octanol–water partition coefficient (Wildman–Crippen LogP) is 3.13. The maximum atomic E-state index is 12.7. The van der Waals surface area contributed by atoms with Gasteiger partial charge in [0.15, 0.2) is 0 Å². The number of hydrogen-bond acceptors (Lipinski definition) is 6. The van der Waals surface area contributed by atoms with E-state index in [4.69, 9.17) is 14.2 Å². The number of ether oxygens (including phenoxy) is 3. The first-order valence-electron chi connectivity index (χ1n) is 9.67. The molecule has 0 atom stereocenters. The Morgan fingerprint density at radius 3 is 2.24 bits per heavy atom. The molecule has 0 aromatic heterocycles. The van der Waals surface area contributed by atoms with Gasteiger partial charge in [0.2, 0.25) is 0 Å². The molecule has 0 saturated heterocycles.